The van der Waals surface area contributed by atoms with Crippen LogP contribution < -0.4 is 0 Å². The van der Waals surface area contributed by atoms with Gasteiger partial charge in [0.15, 0.2) is 0 Å². The SMILES string of the molecule is CCCCCCCCc1ncc(-c2ccc([C@H]3CC[C@H](CCCCC)CC3)cc2)nc1F. The second kappa shape index (κ2) is 13.7. The molecule has 2 nitrogen and oxygen atoms in total. The second-order valence-corrected chi connectivity index (χ2v) is 9.85. The van der Waals surface area contributed by atoms with Gasteiger partial charge in [0.05, 0.1) is 17.6 Å². The molecule has 3 rings (SSSR count). The largest absolute Gasteiger partial charge is 0.254 e. The lowest BCUT2D eigenvalue weighted by molar-refractivity contribution is 0.303. The fourth-order valence-corrected chi connectivity index (χ4v) is 5.16. The molecule has 0 spiro atoms. The van der Waals surface area contributed by atoms with Crippen LogP contribution in [0.3, 0.4) is 0 Å². The molecule has 0 atom stereocenters. The molecule has 1 aromatic heterocycles. The highest BCUT2D eigenvalue weighted by Gasteiger charge is 2.22. The predicted molar refractivity (Wildman–Crippen MR) is 133 cm³/mol. The molecule has 1 heterocycles. The van der Waals surface area contributed by atoms with Gasteiger partial charge in [-0.25, -0.2) is 4.98 Å². The number of nitrogens with zero attached hydrogens (tertiary/aromatic N) is 2. The van der Waals surface area contributed by atoms with Gasteiger partial charge in [0.2, 0.25) is 5.95 Å². The summed E-state index contributed by atoms with van der Waals surface area (Å²) in [6, 6.07) is 8.64. The van der Waals surface area contributed by atoms with Gasteiger partial charge in [-0.15, -0.1) is 0 Å². The number of benzene rings is 1. The molecular formula is C29H43FN2. The Kier molecular flexibility index (Phi) is 10.6. The molecule has 0 amide bonds. The van der Waals surface area contributed by atoms with Crippen molar-refractivity contribution in [3.05, 3.63) is 47.7 Å². The molecular weight excluding hydrogens is 395 g/mol. The van der Waals surface area contributed by atoms with Gasteiger partial charge < -0.3 is 0 Å². The average Bonchev–Trinajstić information content (AvgIpc) is 2.83. The van der Waals surface area contributed by atoms with E-state index < -0.39 is 5.95 Å². The number of unbranched alkanes of at least 4 members (excludes halogenated alkanes) is 7. The highest BCUT2D eigenvalue weighted by atomic mass is 19.1. The van der Waals surface area contributed by atoms with Crippen LogP contribution in [0, 0.1) is 11.9 Å². The van der Waals surface area contributed by atoms with Gasteiger partial charge in [0, 0.05) is 5.56 Å². The minimum Gasteiger partial charge on any atom is -0.254 e. The van der Waals surface area contributed by atoms with Crippen LogP contribution in [-0.4, -0.2) is 9.97 Å². The smallest absolute Gasteiger partial charge is 0.235 e. The van der Waals surface area contributed by atoms with Crippen molar-refractivity contribution >= 4 is 0 Å². The summed E-state index contributed by atoms with van der Waals surface area (Å²) in [6.07, 6.45) is 20.5. The molecule has 0 aliphatic heterocycles. The van der Waals surface area contributed by atoms with E-state index in [1.807, 2.05) is 0 Å². The van der Waals surface area contributed by atoms with Gasteiger partial charge in [-0.05, 0) is 55.9 Å². The van der Waals surface area contributed by atoms with Crippen molar-refractivity contribution < 1.29 is 4.39 Å². The minimum atomic E-state index is -0.401. The van der Waals surface area contributed by atoms with Crippen molar-refractivity contribution in [2.24, 2.45) is 5.92 Å². The Morgan fingerprint density at radius 3 is 2.16 bits per heavy atom. The molecule has 0 radical (unpaired) electrons. The molecule has 0 N–H and O–H groups in total. The second-order valence-electron chi connectivity index (χ2n) is 9.85. The fourth-order valence-electron chi connectivity index (χ4n) is 5.16. The molecule has 1 aliphatic rings. The molecule has 176 valence electrons. The Morgan fingerprint density at radius 2 is 1.47 bits per heavy atom. The zero-order valence-corrected chi connectivity index (χ0v) is 20.4. The summed E-state index contributed by atoms with van der Waals surface area (Å²) in [4.78, 5) is 8.63. The van der Waals surface area contributed by atoms with E-state index in [1.165, 1.54) is 82.6 Å². The summed E-state index contributed by atoms with van der Waals surface area (Å²) >= 11 is 0. The number of halogens is 1. The molecule has 0 unspecified atom stereocenters. The van der Waals surface area contributed by atoms with Crippen LogP contribution in [0.25, 0.3) is 11.3 Å². The lowest BCUT2D eigenvalue weighted by Crippen LogP contribution is -2.13. The molecule has 1 fully saturated rings. The van der Waals surface area contributed by atoms with E-state index in [4.69, 9.17) is 0 Å². The van der Waals surface area contributed by atoms with Crippen LogP contribution in [0.2, 0.25) is 0 Å². The number of aromatic nitrogens is 2. The number of hydrogen-bond donors (Lipinski definition) is 0. The third kappa shape index (κ3) is 7.67. The molecule has 1 saturated carbocycles. The van der Waals surface area contributed by atoms with Crippen LogP contribution in [0.4, 0.5) is 4.39 Å². The molecule has 1 aliphatic carbocycles. The van der Waals surface area contributed by atoms with Gasteiger partial charge in [-0.1, -0.05) is 95.9 Å². The van der Waals surface area contributed by atoms with E-state index in [2.05, 4.69) is 48.1 Å². The Bertz CT molecular complexity index is 778. The zero-order valence-electron chi connectivity index (χ0n) is 20.4. The monoisotopic (exact) mass is 438 g/mol. The normalized spacial score (nSPS) is 18.7. The third-order valence-electron chi connectivity index (χ3n) is 7.31. The van der Waals surface area contributed by atoms with Crippen molar-refractivity contribution in [2.45, 2.75) is 116 Å². The van der Waals surface area contributed by atoms with Gasteiger partial charge in [-0.3, -0.25) is 4.98 Å². The van der Waals surface area contributed by atoms with E-state index in [0.29, 0.717) is 23.7 Å². The summed E-state index contributed by atoms with van der Waals surface area (Å²) in [5, 5.41) is 0. The van der Waals surface area contributed by atoms with Crippen LogP contribution in [0.15, 0.2) is 30.5 Å². The molecule has 32 heavy (non-hydrogen) atoms. The number of aryl methyl sites for hydroxylation is 1. The van der Waals surface area contributed by atoms with Crippen molar-refractivity contribution in [3.63, 3.8) is 0 Å². The first-order valence-corrected chi connectivity index (χ1v) is 13.3. The maximum absolute atomic E-state index is 14.5. The van der Waals surface area contributed by atoms with Gasteiger partial charge in [-0.2, -0.15) is 4.39 Å². The predicted octanol–water partition coefficient (Wildman–Crippen LogP) is 9.04. The van der Waals surface area contributed by atoms with Crippen LogP contribution >= 0.6 is 0 Å². The number of rotatable bonds is 13. The summed E-state index contributed by atoms with van der Waals surface area (Å²) < 4.78 is 14.5. The zero-order chi connectivity index (χ0) is 22.6. The van der Waals surface area contributed by atoms with Crippen LogP contribution in [0.5, 0.6) is 0 Å². The van der Waals surface area contributed by atoms with Crippen molar-refractivity contribution in [1.29, 1.82) is 0 Å². The lowest BCUT2D eigenvalue weighted by atomic mass is 9.77. The van der Waals surface area contributed by atoms with E-state index in [0.717, 1.165) is 24.3 Å². The average molecular weight is 439 g/mol. The highest BCUT2D eigenvalue weighted by molar-refractivity contribution is 5.58. The topological polar surface area (TPSA) is 25.8 Å². The van der Waals surface area contributed by atoms with Gasteiger partial charge in [0.25, 0.3) is 0 Å². The molecule has 1 aromatic carbocycles. The molecule has 0 saturated heterocycles. The van der Waals surface area contributed by atoms with Gasteiger partial charge >= 0.3 is 0 Å². The summed E-state index contributed by atoms with van der Waals surface area (Å²) in [5.41, 5.74) is 3.53. The lowest BCUT2D eigenvalue weighted by Gasteiger charge is -2.29. The van der Waals surface area contributed by atoms with Crippen molar-refractivity contribution in [3.8, 4) is 11.3 Å². The minimum absolute atomic E-state index is 0.401. The first kappa shape index (κ1) is 24.9. The van der Waals surface area contributed by atoms with E-state index in [-0.39, 0.29) is 0 Å². The highest BCUT2D eigenvalue weighted by Crippen LogP contribution is 2.38. The van der Waals surface area contributed by atoms with Gasteiger partial charge in [0.1, 0.15) is 0 Å². The standard InChI is InChI=1S/C29H43FN2/c1-3-5-7-8-9-11-13-27-29(30)32-28(22-31-27)26-20-18-25(19-21-26)24-16-14-23(15-17-24)12-10-6-4-2/h18-24H,3-17H2,1-2H3/t23-,24-. The Labute approximate surface area is 195 Å². The van der Waals surface area contributed by atoms with Crippen LogP contribution in [0.1, 0.15) is 121 Å². The summed E-state index contributed by atoms with van der Waals surface area (Å²) in [6.45, 7) is 4.51. The van der Waals surface area contributed by atoms with E-state index >= 15 is 0 Å². The Morgan fingerprint density at radius 1 is 0.812 bits per heavy atom. The quantitative estimate of drug-likeness (QED) is 0.291. The maximum atomic E-state index is 14.5. The maximum Gasteiger partial charge on any atom is 0.235 e. The van der Waals surface area contributed by atoms with Crippen LogP contribution in [-0.2, 0) is 6.42 Å². The number of hydrogen-bond acceptors (Lipinski definition) is 2. The van der Waals surface area contributed by atoms with E-state index in [9.17, 15) is 4.39 Å². The van der Waals surface area contributed by atoms with Crippen molar-refractivity contribution in [2.75, 3.05) is 0 Å². The molecule has 2 aromatic rings. The molecule has 0 bridgehead atoms. The Hall–Kier alpha value is -1.77. The summed E-state index contributed by atoms with van der Waals surface area (Å²) in [5.74, 6) is 1.21. The molecule has 3 heteroatoms. The first-order chi connectivity index (χ1) is 15.7. The van der Waals surface area contributed by atoms with Crippen molar-refractivity contribution in [1.82, 2.24) is 9.97 Å². The third-order valence-corrected chi connectivity index (χ3v) is 7.31. The summed E-state index contributed by atoms with van der Waals surface area (Å²) in [7, 11) is 0. The fraction of sp³-hybridized carbons (Fsp3) is 0.655. The first-order valence-electron chi connectivity index (χ1n) is 13.3. The van der Waals surface area contributed by atoms with E-state index in [1.54, 1.807) is 6.20 Å². The Balaban J connectivity index is 1.49.